The normalized spacial score (nSPS) is 40.9. The van der Waals surface area contributed by atoms with Crippen molar-refractivity contribution in [1.29, 1.82) is 0 Å². The molecular weight excluding hydrogens is 532 g/mol. The summed E-state index contributed by atoms with van der Waals surface area (Å²) in [6.07, 6.45) is 13.4. The quantitative estimate of drug-likeness (QED) is 0.354. The third-order valence-corrected chi connectivity index (χ3v) is 13.4. The van der Waals surface area contributed by atoms with Crippen molar-refractivity contribution in [2.75, 3.05) is 26.7 Å². The Bertz CT molecular complexity index is 1260. The highest BCUT2D eigenvalue weighted by Gasteiger charge is 2.58. The molecule has 9 atom stereocenters. The lowest BCUT2D eigenvalue weighted by Gasteiger charge is -2.52. The molecule has 9 unspecified atom stereocenters. The summed E-state index contributed by atoms with van der Waals surface area (Å²) in [5, 5.41) is 0. The van der Waals surface area contributed by atoms with E-state index >= 15 is 0 Å². The maximum Gasteiger partial charge on any atom is 0.236 e. The number of rotatable bonds is 5. The van der Waals surface area contributed by atoms with Crippen LogP contribution in [0.3, 0.4) is 0 Å². The molecule has 1 aromatic carbocycles. The number of benzene rings is 1. The van der Waals surface area contributed by atoms with Crippen LogP contribution in [-0.4, -0.2) is 65.9 Å². The van der Waals surface area contributed by atoms with Gasteiger partial charge in [-0.3, -0.25) is 14.5 Å². The molecule has 7 rings (SSSR count). The zero-order valence-electron chi connectivity index (χ0n) is 27.2. The fourth-order valence-electron chi connectivity index (χ4n) is 11.1. The van der Waals surface area contributed by atoms with Gasteiger partial charge in [-0.15, -0.1) is 0 Å². The molecule has 234 valence electrons. The minimum Gasteiger partial charge on any atom is -0.370 e. The average Bonchev–Trinajstić information content (AvgIpc) is 3.51. The van der Waals surface area contributed by atoms with Gasteiger partial charge in [0.1, 0.15) is 5.78 Å². The molecule has 6 aliphatic rings. The predicted octanol–water partition coefficient (Wildman–Crippen LogP) is 6.85. The molecule has 2 aliphatic heterocycles. The van der Waals surface area contributed by atoms with Crippen LogP contribution in [0.1, 0.15) is 97.0 Å². The van der Waals surface area contributed by atoms with Crippen LogP contribution in [0.2, 0.25) is 0 Å². The van der Waals surface area contributed by atoms with Gasteiger partial charge in [0, 0.05) is 39.0 Å². The number of likely N-dealkylation sites (N-methyl/N-ethyl adjacent to an activating group) is 1. The van der Waals surface area contributed by atoms with E-state index in [4.69, 9.17) is 4.74 Å². The van der Waals surface area contributed by atoms with Gasteiger partial charge in [-0.25, -0.2) is 0 Å². The molecule has 0 bridgehead atoms. The number of nitrogens with zero attached hydrogens (tertiary/aromatic N) is 2. The molecule has 1 aromatic rings. The third-order valence-electron chi connectivity index (χ3n) is 13.4. The third kappa shape index (κ3) is 5.45. The van der Waals surface area contributed by atoms with Crippen LogP contribution in [0.5, 0.6) is 0 Å². The fraction of sp³-hybridized carbons (Fsp3) is 0.737. The van der Waals surface area contributed by atoms with Gasteiger partial charge in [-0.05, 0) is 112 Å². The Morgan fingerprint density at radius 3 is 2.74 bits per heavy atom. The van der Waals surface area contributed by atoms with Crippen LogP contribution in [0.25, 0.3) is 0 Å². The van der Waals surface area contributed by atoms with Gasteiger partial charge in [0.05, 0.1) is 18.2 Å². The van der Waals surface area contributed by atoms with Gasteiger partial charge in [0.2, 0.25) is 5.91 Å². The Morgan fingerprint density at radius 2 is 1.93 bits per heavy atom. The summed E-state index contributed by atoms with van der Waals surface area (Å²) in [4.78, 5) is 30.2. The number of fused-ring (bicyclic) bond motifs is 6. The Kier molecular flexibility index (Phi) is 7.90. The lowest BCUT2D eigenvalue weighted by Crippen LogP contribution is -2.52. The summed E-state index contributed by atoms with van der Waals surface area (Å²) in [5.41, 5.74) is 4.94. The molecule has 4 aliphatic carbocycles. The summed E-state index contributed by atoms with van der Waals surface area (Å²) >= 11 is 0. The standard InChI is InChI=1S/C38H54N2O3/c1-25-18-35-34(40(23-25)24-36(42)39(4)17-14-27-8-6-5-7-9-27)22-38(43-35)16-13-30-31-11-10-28-19-29(41)12-15-37(28,3)33(31)20-32(30)26(2)21-38/h5-9,25,28,30-31,33-35H,10-24H2,1-4H3. The number of ketones is 1. The first-order chi connectivity index (χ1) is 20.6. The molecule has 5 heteroatoms. The van der Waals surface area contributed by atoms with Crippen molar-refractivity contribution in [1.82, 2.24) is 9.80 Å². The molecule has 1 amide bonds. The summed E-state index contributed by atoms with van der Waals surface area (Å²) in [6.45, 7) is 9.56. The van der Waals surface area contributed by atoms with E-state index in [-0.39, 0.29) is 17.6 Å². The topological polar surface area (TPSA) is 49.9 Å². The zero-order valence-corrected chi connectivity index (χ0v) is 27.2. The monoisotopic (exact) mass is 586 g/mol. The number of amides is 1. The number of allylic oxidation sites excluding steroid dienone is 1. The Hall–Kier alpha value is -1.98. The maximum absolute atomic E-state index is 13.4. The minimum atomic E-state index is -0.0742. The van der Waals surface area contributed by atoms with Crippen molar-refractivity contribution in [2.45, 2.75) is 116 Å². The van der Waals surface area contributed by atoms with E-state index in [9.17, 15) is 9.59 Å². The number of likely N-dealkylation sites (tertiary alicyclic amines) is 1. The summed E-state index contributed by atoms with van der Waals surface area (Å²) < 4.78 is 7.17. The molecule has 1 spiro atoms. The molecule has 0 N–H and O–H groups in total. The molecule has 5 nitrogen and oxygen atoms in total. The number of carbonyl (C=O) groups excluding carboxylic acids is 2. The first-order valence-electron chi connectivity index (χ1n) is 17.5. The van der Waals surface area contributed by atoms with Gasteiger partial charge < -0.3 is 9.64 Å². The van der Waals surface area contributed by atoms with E-state index in [1.807, 2.05) is 18.0 Å². The highest BCUT2D eigenvalue weighted by molar-refractivity contribution is 5.79. The van der Waals surface area contributed by atoms with Gasteiger partial charge in [-0.1, -0.05) is 55.3 Å². The van der Waals surface area contributed by atoms with Crippen molar-refractivity contribution in [2.24, 2.45) is 35.0 Å². The van der Waals surface area contributed by atoms with Crippen molar-refractivity contribution in [3.63, 3.8) is 0 Å². The van der Waals surface area contributed by atoms with Crippen LogP contribution < -0.4 is 0 Å². The van der Waals surface area contributed by atoms with Crippen LogP contribution in [0.15, 0.2) is 41.5 Å². The van der Waals surface area contributed by atoms with Gasteiger partial charge in [0.25, 0.3) is 0 Å². The lowest BCUT2D eigenvalue weighted by molar-refractivity contribution is -0.133. The van der Waals surface area contributed by atoms with E-state index in [1.165, 1.54) is 31.2 Å². The van der Waals surface area contributed by atoms with Crippen LogP contribution in [0, 0.1) is 35.0 Å². The lowest BCUT2D eigenvalue weighted by atomic mass is 9.52. The highest BCUT2D eigenvalue weighted by Crippen LogP contribution is 2.64. The average molecular weight is 587 g/mol. The fourth-order valence-corrected chi connectivity index (χ4v) is 11.1. The Balaban J connectivity index is 1.03. The molecule has 0 aromatic heterocycles. The van der Waals surface area contributed by atoms with E-state index in [2.05, 4.69) is 49.9 Å². The van der Waals surface area contributed by atoms with Gasteiger partial charge in [0.15, 0.2) is 0 Å². The molecule has 3 saturated carbocycles. The van der Waals surface area contributed by atoms with E-state index < -0.39 is 0 Å². The van der Waals surface area contributed by atoms with Crippen molar-refractivity contribution < 1.29 is 14.3 Å². The molecule has 2 saturated heterocycles. The van der Waals surface area contributed by atoms with Gasteiger partial charge >= 0.3 is 0 Å². The predicted molar refractivity (Wildman–Crippen MR) is 170 cm³/mol. The molecule has 0 radical (unpaired) electrons. The number of hydrogen-bond donors (Lipinski definition) is 0. The number of ether oxygens (including phenoxy) is 1. The second-order valence-corrected chi connectivity index (χ2v) is 16.1. The first kappa shape index (κ1) is 29.7. The Morgan fingerprint density at radius 1 is 1.12 bits per heavy atom. The molecular formula is C38H54N2O3. The number of piperidine rings is 1. The van der Waals surface area contributed by atoms with Gasteiger partial charge in [-0.2, -0.15) is 0 Å². The van der Waals surface area contributed by atoms with Crippen LogP contribution in [-0.2, 0) is 20.7 Å². The van der Waals surface area contributed by atoms with Crippen LogP contribution in [0.4, 0.5) is 0 Å². The molecule has 43 heavy (non-hydrogen) atoms. The van der Waals surface area contributed by atoms with E-state index in [0.717, 1.165) is 76.3 Å². The number of Topliss-reactive ketones (excluding diaryl/α,β-unsaturated/α-hetero) is 1. The van der Waals surface area contributed by atoms with E-state index in [1.54, 1.807) is 11.1 Å². The molecule has 2 heterocycles. The largest absolute Gasteiger partial charge is 0.370 e. The Labute approximate surface area is 259 Å². The maximum atomic E-state index is 13.4. The minimum absolute atomic E-state index is 0.0742. The number of carbonyl (C=O) groups is 2. The SMILES string of the molecule is CC1=C2CC3C(CCC4CC(=O)CCC43C)C2CCC2(C1)CC1C(CC(C)CN1CC(=O)N(C)CCc1ccccc1)O2. The second kappa shape index (κ2) is 11.4. The summed E-state index contributed by atoms with van der Waals surface area (Å²) in [7, 11) is 1.97. The van der Waals surface area contributed by atoms with Crippen molar-refractivity contribution in [3.8, 4) is 0 Å². The summed E-state index contributed by atoms with van der Waals surface area (Å²) in [6, 6.07) is 10.8. The second-order valence-electron chi connectivity index (χ2n) is 16.1. The highest BCUT2D eigenvalue weighted by atomic mass is 16.5. The van der Waals surface area contributed by atoms with E-state index in [0.29, 0.717) is 41.5 Å². The smallest absolute Gasteiger partial charge is 0.236 e. The molecule has 5 fully saturated rings. The van der Waals surface area contributed by atoms with Crippen molar-refractivity contribution in [3.05, 3.63) is 47.0 Å². The number of hydrogen-bond acceptors (Lipinski definition) is 4. The van der Waals surface area contributed by atoms with Crippen LogP contribution >= 0.6 is 0 Å². The van der Waals surface area contributed by atoms with Crippen molar-refractivity contribution >= 4 is 11.7 Å². The summed E-state index contributed by atoms with van der Waals surface area (Å²) in [5.74, 6) is 4.16. The zero-order chi connectivity index (χ0) is 29.9. The first-order valence-corrected chi connectivity index (χ1v) is 17.5.